The third-order valence-corrected chi connectivity index (χ3v) is 2.88. The summed E-state index contributed by atoms with van der Waals surface area (Å²) in [5, 5.41) is 3.45. The van der Waals surface area contributed by atoms with Crippen molar-refractivity contribution < 1.29 is 0 Å². The summed E-state index contributed by atoms with van der Waals surface area (Å²) in [6, 6.07) is 8.91. The molecule has 2 heteroatoms. The smallest absolute Gasteiger partial charge is 0.0230 e. The maximum Gasteiger partial charge on any atom is 0.0230 e. The molecule has 0 radical (unpaired) electrons. The van der Waals surface area contributed by atoms with Crippen LogP contribution in [0, 0.1) is 5.92 Å². The zero-order valence-corrected chi connectivity index (χ0v) is 12.4. The van der Waals surface area contributed by atoms with Crippen LogP contribution in [-0.2, 0) is 13.1 Å². The van der Waals surface area contributed by atoms with Crippen molar-refractivity contribution in [1.82, 2.24) is 10.2 Å². The largest absolute Gasteiger partial charge is 0.313 e. The van der Waals surface area contributed by atoms with E-state index in [0.29, 0.717) is 0 Å². The lowest BCUT2D eigenvalue weighted by Crippen LogP contribution is -2.22. The lowest BCUT2D eigenvalue weighted by atomic mass is 10.1. The van der Waals surface area contributed by atoms with Gasteiger partial charge in [-0.05, 0) is 37.1 Å². The third-order valence-electron chi connectivity index (χ3n) is 2.88. The quantitative estimate of drug-likeness (QED) is 0.710. The van der Waals surface area contributed by atoms with Crippen LogP contribution < -0.4 is 5.32 Å². The first kappa shape index (κ1) is 15.2. The summed E-state index contributed by atoms with van der Waals surface area (Å²) in [6.45, 7) is 11.0. The Labute approximate surface area is 112 Å². The van der Waals surface area contributed by atoms with Crippen LogP contribution in [0.15, 0.2) is 24.3 Å². The van der Waals surface area contributed by atoms with E-state index in [0.717, 1.165) is 32.1 Å². The van der Waals surface area contributed by atoms with E-state index in [2.05, 4.69) is 62.3 Å². The summed E-state index contributed by atoms with van der Waals surface area (Å²) in [4.78, 5) is 2.39. The minimum absolute atomic E-state index is 0.726. The van der Waals surface area contributed by atoms with Gasteiger partial charge in [0.05, 0.1) is 0 Å². The van der Waals surface area contributed by atoms with E-state index in [1.165, 1.54) is 17.5 Å². The molecule has 0 saturated carbocycles. The number of nitrogens with zero attached hydrogens (tertiary/aromatic N) is 1. The summed E-state index contributed by atoms with van der Waals surface area (Å²) in [6.07, 6.45) is 1.19. The standard InChI is InChI=1S/C16H28N2/c1-5-9-17-11-15-7-6-8-16(10-15)13-18(4)12-14(2)3/h6-8,10,14,17H,5,9,11-13H2,1-4H3. The molecule has 1 aromatic rings. The molecule has 0 amide bonds. The number of rotatable bonds is 8. The van der Waals surface area contributed by atoms with Crippen molar-refractivity contribution in [1.29, 1.82) is 0 Å². The van der Waals surface area contributed by atoms with E-state index < -0.39 is 0 Å². The number of nitrogens with one attached hydrogen (secondary N) is 1. The molecule has 0 aliphatic rings. The molecule has 0 spiro atoms. The van der Waals surface area contributed by atoms with Crippen LogP contribution in [0.3, 0.4) is 0 Å². The molecule has 102 valence electrons. The molecule has 2 nitrogen and oxygen atoms in total. The first-order valence-corrected chi connectivity index (χ1v) is 7.09. The minimum atomic E-state index is 0.726. The SMILES string of the molecule is CCCNCc1cccc(CN(C)CC(C)C)c1. The van der Waals surface area contributed by atoms with Crippen molar-refractivity contribution in [3.05, 3.63) is 35.4 Å². The molecule has 0 aliphatic heterocycles. The van der Waals surface area contributed by atoms with Gasteiger partial charge in [-0.15, -0.1) is 0 Å². The summed E-state index contributed by atoms with van der Waals surface area (Å²) in [5.41, 5.74) is 2.80. The Bertz CT molecular complexity index is 334. The first-order chi connectivity index (χ1) is 8.61. The molecule has 1 rings (SSSR count). The topological polar surface area (TPSA) is 15.3 Å². The molecule has 0 unspecified atom stereocenters. The second-order valence-corrected chi connectivity index (χ2v) is 5.59. The highest BCUT2D eigenvalue weighted by molar-refractivity contribution is 5.23. The predicted molar refractivity (Wildman–Crippen MR) is 79.6 cm³/mol. The molecule has 0 fully saturated rings. The zero-order valence-electron chi connectivity index (χ0n) is 12.4. The minimum Gasteiger partial charge on any atom is -0.313 e. The maximum atomic E-state index is 3.45. The van der Waals surface area contributed by atoms with E-state index in [-0.39, 0.29) is 0 Å². The van der Waals surface area contributed by atoms with E-state index in [9.17, 15) is 0 Å². The van der Waals surface area contributed by atoms with Gasteiger partial charge in [-0.3, -0.25) is 0 Å². The molecule has 1 N–H and O–H groups in total. The summed E-state index contributed by atoms with van der Waals surface area (Å²) in [5.74, 6) is 0.726. The van der Waals surface area contributed by atoms with Crippen molar-refractivity contribution in [3.63, 3.8) is 0 Å². The van der Waals surface area contributed by atoms with Crippen LogP contribution >= 0.6 is 0 Å². The molecule has 0 saturated heterocycles. The van der Waals surface area contributed by atoms with Gasteiger partial charge in [0.15, 0.2) is 0 Å². The molecule has 0 aliphatic carbocycles. The normalized spacial score (nSPS) is 11.4. The van der Waals surface area contributed by atoms with Crippen LogP contribution in [0.1, 0.15) is 38.3 Å². The van der Waals surface area contributed by atoms with Gasteiger partial charge >= 0.3 is 0 Å². The number of benzene rings is 1. The predicted octanol–water partition coefficient (Wildman–Crippen LogP) is 3.27. The average Bonchev–Trinajstić information content (AvgIpc) is 2.28. The lowest BCUT2D eigenvalue weighted by Gasteiger charge is -2.19. The van der Waals surface area contributed by atoms with E-state index in [1.54, 1.807) is 0 Å². The Morgan fingerprint density at radius 3 is 2.61 bits per heavy atom. The number of hydrogen-bond acceptors (Lipinski definition) is 2. The molecule has 1 aromatic carbocycles. The van der Waals surface area contributed by atoms with E-state index >= 15 is 0 Å². The molecule has 18 heavy (non-hydrogen) atoms. The second-order valence-electron chi connectivity index (χ2n) is 5.59. The Hall–Kier alpha value is -0.860. The third kappa shape index (κ3) is 6.18. The van der Waals surface area contributed by atoms with Crippen LogP contribution in [0.5, 0.6) is 0 Å². The monoisotopic (exact) mass is 248 g/mol. The average molecular weight is 248 g/mol. The van der Waals surface area contributed by atoms with Crippen molar-refractivity contribution in [2.24, 2.45) is 5.92 Å². The van der Waals surface area contributed by atoms with Gasteiger partial charge in [0.1, 0.15) is 0 Å². The number of hydrogen-bond donors (Lipinski definition) is 1. The fraction of sp³-hybridized carbons (Fsp3) is 0.625. The van der Waals surface area contributed by atoms with Gasteiger partial charge < -0.3 is 10.2 Å². The summed E-state index contributed by atoms with van der Waals surface area (Å²) < 4.78 is 0. The van der Waals surface area contributed by atoms with E-state index in [1.807, 2.05) is 0 Å². The first-order valence-electron chi connectivity index (χ1n) is 7.09. The molecule has 0 heterocycles. The Morgan fingerprint density at radius 2 is 1.94 bits per heavy atom. The van der Waals surface area contributed by atoms with Gasteiger partial charge in [0.2, 0.25) is 0 Å². The lowest BCUT2D eigenvalue weighted by molar-refractivity contribution is 0.288. The fourth-order valence-corrected chi connectivity index (χ4v) is 2.25. The maximum absolute atomic E-state index is 3.45. The Kier molecular flexibility index (Phi) is 6.99. The molecular weight excluding hydrogens is 220 g/mol. The zero-order chi connectivity index (χ0) is 13.4. The highest BCUT2D eigenvalue weighted by Crippen LogP contribution is 2.09. The molecular formula is C16H28N2. The highest BCUT2D eigenvalue weighted by atomic mass is 15.1. The van der Waals surface area contributed by atoms with Gasteiger partial charge in [0.25, 0.3) is 0 Å². The second kappa shape index (κ2) is 8.28. The van der Waals surface area contributed by atoms with Crippen molar-refractivity contribution in [2.45, 2.75) is 40.3 Å². The molecule has 0 aromatic heterocycles. The van der Waals surface area contributed by atoms with Gasteiger partial charge in [0, 0.05) is 19.6 Å². The van der Waals surface area contributed by atoms with Crippen molar-refractivity contribution >= 4 is 0 Å². The van der Waals surface area contributed by atoms with Gasteiger partial charge in [-0.25, -0.2) is 0 Å². The van der Waals surface area contributed by atoms with Crippen LogP contribution in [0.25, 0.3) is 0 Å². The van der Waals surface area contributed by atoms with Gasteiger partial charge in [-0.1, -0.05) is 45.0 Å². The van der Waals surface area contributed by atoms with Crippen molar-refractivity contribution in [3.8, 4) is 0 Å². The summed E-state index contributed by atoms with van der Waals surface area (Å²) >= 11 is 0. The summed E-state index contributed by atoms with van der Waals surface area (Å²) in [7, 11) is 2.20. The Balaban J connectivity index is 2.48. The van der Waals surface area contributed by atoms with Crippen LogP contribution in [0.4, 0.5) is 0 Å². The Morgan fingerprint density at radius 1 is 1.22 bits per heavy atom. The molecule has 0 bridgehead atoms. The van der Waals surface area contributed by atoms with Gasteiger partial charge in [-0.2, -0.15) is 0 Å². The van der Waals surface area contributed by atoms with Crippen molar-refractivity contribution in [2.75, 3.05) is 20.1 Å². The fourth-order valence-electron chi connectivity index (χ4n) is 2.25. The highest BCUT2D eigenvalue weighted by Gasteiger charge is 2.03. The van der Waals surface area contributed by atoms with E-state index in [4.69, 9.17) is 0 Å². The molecule has 0 atom stereocenters. The van der Waals surface area contributed by atoms with Crippen LogP contribution in [-0.4, -0.2) is 25.0 Å². The van der Waals surface area contributed by atoms with Crippen LogP contribution in [0.2, 0.25) is 0 Å².